The molecule has 0 aliphatic carbocycles. The van der Waals surface area contributed by atoms with E-state index in [2.05, 4.69) is 21.3 Å². The molecule has 0 saturated carbocycles. The fraction of sp³-hybridized carbons (Fsp3) is 0.353. The number of rotatable bonds is 5. The van der Waals surface area contributed by atoms with Gasteiger partial charge in [-0.05, 0) is 23.8 Å². The Bertz CT molecular complexity index is 597. The van der Waals surface area contributed by atoms with E-state index >= 15 is 0 Å². The number of nitrogens with one attached hydrogen (secondary N) is 1. The zero-order valence-electron chi connectivity index (χ0n) is 12.8. The lowest BCUT2D eigenvalue weighted by molar-refractivity contribution is 0.134. The molecule has 1 fully saturated rings. The summed E-state index contributed by atoms with van der Waals surface area (Å²) >= 11 is 6.11. The highest BCUT2D eigenvalue weighted by Crippen LogP contribution is 2.24. The van der Waals surface area contributed by atoms with E-state index in [0.29, 0.717) is 17.7 Å². The van der Waals surface area contributed by atoms with E-state index in [-0.39, 0.29) is 12.4 Å². The fourth-order valence-corrected chi connectivity index (χ4v) is 2.94. The molecule has 0 radical (unpaired) electrons. The van der Waals surface area contributed by atoms with Gasteiger partial charge in [-0.2, -0.15) is 0 Å². The van der Waals surface area contributed by atoms with Crippen LogP contribution in [0.4, 0.5) is 0 Å². The van der Waals surface area contributed by atoms with Crippen molar-refractivity contribution in [3.63, 3.8) is 0 Å². The summed E-state index contributed by atoms with van der Waals surface area (Å²) in [7, 11) is 0. The number of benzene rings is 1. The summed E-state index contributed by atoms with van der Waals surface area (Å²) in [4.78, 5) is 6.67. The molecule has 1 N–H and O–H groups in total. The second-order valence-corrected chi connectivity index (χ2v) is 5.73. The van der Waals surface area contributed by atoms with Gasteiger partial charge in [0.15, 0.2) is 0 Å². The molecule has 1 saturated heterocycles. The molecule has 1 aromatic carbocycles. The third-order valence-electron chi connectivity index (χ3n) is 3.90. The minimum absolute atomic E-state index is 0. The molecule has 3 rings (SSSR count). The van der Waals surface area contributed by atoms with Crippen LogP contribution in [0.3, 0.4) is 0 Å². The molecule has 1 aliphatic heterocycles. The normalized spacial score (nSPS) is 18.2. The number of aromatic nitrogens is 1. The maximum absolute atomic E-state index is 6.11. The molecule has 124 valence electrons. The van der Waals surface area contributed by atoms with Crippen LogP contribution in [0.1, 0.15) is 11.6 Å². The fourth-order valence-electron chi connectivity index (χ4n) is 2.75. The smallest absolute Gasteiger partial charge is 0.137 e. The predicted octanol–water partition coefficient (Wildman–Crippen LogP) is 3.18. The van der Waals surface area contributed by atoms with Crippen molar-refractivity contribution in [1.82, 2.24) is 15.2 Å². The van der Waals surface area contributed by atoms with Gasteiger partial charge in [0.2, 0.25) is 0 Å². The van der Waals surface area contributed by atoms with Gasteiger partial charge >= 0.3 is 0 Å². The second-order valence-electron chi connectivity index (χ2n) is 5.32. The highest BCUT2D eigenvalue weighted by atomic mass is 35.5. The summed E-state index contributed by atoms with van der Waals surface area (Å²) in [6.07, 6.45) is 3.75. The summed E-state index contributed by atoms with van der Waals surface area (Å²) in [5, 5.41) is 4.11. The number of hydrogen-bond acceptors (Lipinski definition) is 4. The van der Waals surface area contributed by atoms with E-state index < -0.39 is 0 Å². The van der Waals surface area contributed by atoms with Crippen LogP contribution in [-0.2, 0) is 0 Å². The van der Waals surface area contributed by atoms with Crippen LogP contribution >= 0.6 is 24.0 Å². The highest BCUT2D eigenvalue weighted by molar-refractivity contribution is 6.32. The number of piperazine rings is 1. The van der Waals surface area contributed by atoms with Crippen molar-refractivity contribution in [3.05, 3.63) is 59.4 Å². The van der Waals surface area contributed by atoms with Gasteiger partial charge in [-0.15, -0.1) is 12.4 Å². The predicted molar refractivity (Wildman–Crippen MR) is 95.6 cm³/mol. The van der Waals surface area contributed by atoms with Crippen LogP contribution in [-0.4, -0.2) is 42.7 Å². The van der Waals surface area contributed by atoms with E-state index in [1.165, 1.54) is 5.56 Å². The summed E-state index contributed by atoms with van der Waals surface area (Å²) in [5.74, 6) is 0.747. The molecule has 4 nitrogen and oxygen atoms in total. The van der Waals surface area contributed by atoms with Crippen molar-refractivity contribution in [2.75, 3.05) is 32.8 Å². The minimum Gasteiger partial charge on any atom is -0.491 e. The van der Waals surface area contributed by atoms with Crippen LogP contribution in [0.15, 0.2) is 48.8 Å². The van der Waals surface area contributed by atoms with Gasteiger partial charge < -0.3 is 10.1 Å². The Balaban J connectivity index is 0.00000192. The first-order valence-corrected chi connectivity index (χ1v) is 7.94. The van der Waals surface area contributed by atoms with Gasteiger partial charge in [0, 0.05) is 44.6 Å². The van der Waals surface area contributed by atoms with Crippen LogP contribution in [0.5, 0.6) is 5.75 Å². The zero-order chi connectivity index (χ0) is 15.2. The minimum atomic E-state index is 0. The van der Waals surface area contributed by atoms with Gasteiger partial charge in [-0.25, -0.2) is 0 Å². The molecule has 0 bridgehead atoms. The van der Waals surface area contributed by atoms with Crippen LogP contribution < -0.4 is 10.1 Å². The van der Waals surface area contributed by atoms with E-state index in [4.69, 9.17) is 16.3 Å². The first kappa shape index (κ1) is 18.0. The molecular formula is C17H21Cl2N3O. The van der Waals surface area contributed by atoms with Crippen molar-refractivity contribution in [1.29, 1.82) is 0 Å². The van der Waals surface area contributed by atoms with E-state index in [1.54, 1.807) is 0 Å². The first-order valence-electron chi connectivity index (χ1n) is 7.56. The first-order chi connectivity index (χ1) is 10.8. The Kier molecular flexibility index (Phi) is 7.12. The zero-order valence-corrected chi connectivity index (χ0v) is 14.4. The summed E-state index contributed by atoms with van der Waals surface area (Å²) in [5.41, 5.74) is 1.24. The van der Waals surface area contributed by atoms with Crippen molar-refractivity contribution < 1.29 is 4.74 Å². The van der Waals surface area contributed by atoms with E-state index in [1.807, 2.05) is 42.7 Å². The molecule has 0 spiro atoms. The van der Waals surface area contributed by atoms with Crippen LogP contribution in [0, 0.1) is 0 Å². The average molecular weight is 354 g/mol. The van der Waals surface area contributed by atoms with Crippen molar-refractivity contribution in [3.8, 4) is 5.75 Å². The lowest BCUT2D eigenvalue weighted by atomic mass is 10.1. The number of hydrogen-bond donors (Lipinski definition) is 1. The lowest BCUT2D eigenvalue weighted by Gasteiger charge is -2.36. The number of pyridine rings is 1. The molecule has 6 heteroatoms. The SMILES string of the molecule is Cl.Clc1ccccc1OCCN1CCNCC1c1cccnc1. The molecule has 1 aromatic heterocycles. The molecular weight excluding hydrogens is 333 g/mol. The quantitative estimate of drug-likeness (QED) is 0.895. The van der Waals surface area contributed by atoms with Crippen molar-refractivity contribution in [2.24, 2.45) is 0 Å². The molecule has 23 heavy (non-hydrogen) atoms. The van der Waals surface area contributed by atoms with Gasteiger partial charge in [0.1, 0.15) is 12.4 Å². The van der Waals surface area contributed by atoms with Crippen molar-refractivity contribution >= 4 is 24.0 Å². The summed E-state index contributed by atoms with van der Waals surface area (Å²) < 4.78 is 5.81. The molecule has 2 heterocycles. The number of halogens is 2. The largest absolute Gasteiger partial charge is 0.491 e. The standard InChI is InChI=1S/C17H20ClN3O.ClH/c18-15-5-1-2-6-17(15)22-11-10-21-9-8-20-13-16(21)14-4-3-7-19-12-14;/h1-7,12,16,20H,8-11,13H2;1H. The molecule has 2 aromatic rings. The lowest BCUT2D eigenvalue weighted by Crippen LogP contribution is -2.47. The Morgan fingerprint density at radius 2 is 2.13 bits per heavy atom. The number of nitrogens with zero attached hydrogens (tertiary/aromatic N) is 2. The molecule has 1 unspecified atom stereocenters. The Morgan fingerprint density at radius 1 is 1.26 bits per heavy atom. The van der Waals surface area contributed by atoms with Crippen LogP contribution in [0.25, 0.3) is 0 Å². The Morgan fingerprint density at radius 3 is 2.91 bits per heavy atom. The van der Waals surface area contributed by atoms with Gasteiger partial charge in [0.05, 0.1) is 5.02 Å². The second kappa shape index (κ2) is 9.08. The Hall–Kier alpha value is -1.33. The summed E-state index contributed by atoms with van der Waals surface area (Å²) in [6.45, 7) is 4.44. The van der Waals surface area contributed by atoms with E-state index in [9.17, 15) is 0 Å². The van der Waals surface area contributed by atoms with Gasteiger partial charge in [-0.3, -0.25) is 9.88 Å². The molecule has 0 amide bonds. The third kappa shape index (κ3) is 4.82. The monoisotopic (exact) mass is 353 g/mol. The maximum Gasteiger partial charge on any atom is 0.137 e. The number of ether oxygens (including phenoxy) is 1. The average Bonchev–Trinajstić information content (AvgIpc) is 2.58. The topological polar surface area (TPSA) is 37.4 Å². The van der Waals surface area contributed by atoms with E-state index in [0.717, 1.165) is 31.9 Å². The number of para-hydroxylation sites is 1. The van der Waals surface area contributed by atoms with Crippen molar-refractivity contribution in [2.45, 2.75) is 6.04 Å². The molecule has 1 atom stereocenters. The van der Waals surface area contributed by atoms with Gasteiger partial charge in [-0.1, -0.05) is 29.8 Å². The summed E-state index contributed by atoms with van der Waals surface area (Å²) in [6, 6.07) is 12.1. The van der Waals surface area contributed by atoms with Crippen LogP contribution in [0.2, 0.25) is 5.02 Å². The Labute approximate surface area is 148 Å². The van der Waals surface area contributed by atoms with Gasteiger partial charge in [0.25, 0.3) is 0 Å². The third-order valence-corrected chi connectivity index (χ3v) is 4.21. The highest BCUT2D eigenvalue weighted by Gasteiger charge is 2.23. The maximum atomic E-state index is 6.11. The molecule has 1 aliphatic rings.